The minimum Gasteiger partial charge on any atom is -0.384 e. The first kappa shape index (κ1) is 27.8. The van der Waals surface area contributed by atoms with Crippen LogP contribution in [0.5, 0.6) is 0 Å². The molecule has 1 rings (SSSR count). The Labute approximate surface area is 199 Å². The lowest BCUT2D eigenvalue weighted by Crippen LogP contribution is -2.43. The molecule has 1 aromatic rings. The van der Waals surface area contributed by atoms with Crippen molar-refractivity contribution in [1.29, 1.82) is 5.26 Å². The fourth-order valence-corrected chi connectivity index (χ4v) is 3.27. The van der Waals surface area contributed by atoms with Crippen molar-refractivity contribution in [1.82, 2.24) is 10.6 Å². The molecule has 1 unspecified atom stereocenters. The minimum absolute atomic E-state index is 0.0133. The lowest BCUT2D eigenvalue weighted by Gasteiger charge is -2.28. The Bertz CT molecular complexity index is 986. The van der Waals surface area contributed by atoms with Crippen molar-refractivity contribution in [3.8, 4) is 6.07 Å². The molecule has 0 heterocycles. The van der Waals surface area contributed by atoms with Gasteiger partial charge in [-0.15, -0.1) is 0 Å². The van der Waals surface area contributed by atoms with E-state index in [1.54, 1.807) is 13.0 Å². The van der Waals surface area contributed by atoms with Gasteiger partial charge in [-0.1, -0.05) is 52.7 Å². The number of hydrogen-bond acceptors (Lipinski definition) is 4. The van der Waals surface area contributed by atoms with Crippen LogP contribution in [0.3, 0.4) is 0 Å². The van der Waals surface area contributed by atoms with Gasteiger partial charge in [0.1, 0.15) is 11.9 Å². The summed E-state index contributed by atoms with van der Waals surface area (Å²) in [5.41, 5.74) is 4.83. The van der Waals surface area contributed by atoms with E-state index in [1.807, 2.05) is 39.0 Å². The van der Waals surface area contributed by atoms with Crippen molar-refractivity contribution in [3.63, 3.8) is 0 Å². The molecule has 0 amide bonds. The predicted octanol–water partition coefficient (Wildman–Crippen LogP) is 7.12. The number of nitrogens with zero attached hydrogens (tertiary/aromatic N) is 1. The van der Waals surface area contributed by atoms with Crippen molar-refractivity contribution in [2.45, 2.75) is 67.0 Å². The number of rotatable bonds is 11. The van der Waals surface area contributed by atoms with E-state index in [0.717, 1.165) is 28.9 Å². The molecule has 178 valence electrons. The van der Waals surface area contributed by atoms with Gasteiger partial charge in [0.25, 0.3) is 0 Å². The van der Waals surface area contributed by atoms with Crippen LogP contribution in [0.25, 0.3) is 6.08 Å². The largest absolute Gasteiger partial charge is 0.384 e. The molecule has 1 aromatic carbocycles. The molecular weight excluding hydrogens is 411 g/mol. The number of benzene rings is 1. The van der Waals surface area contributed by atoms with Crippen LogP contribution in [0.1, 0.15) is 59.1 Å². The minimum atomic E-state index is -0.587. The zero-order valence-electron chi connectivity index (χ0n) is 21.2. The molecule has 0 spiro atoms. The van der Waals surface area contributed by atoms with Gasteiger partial charge in [-0.3, -0.25) is 0 Å². The second-order valence-electron chi connectivity index (χ2n) is 9.73. The molecule has 0 saturated carbocycles. The maximum Gasteiger partial charge on any atom is 0.147 e. The summed E-state index contributed by atoms with van der Waals surface area (Å²) in [7, 11) is 0. The summed E-state index contributed by atoms with van der Waals surface area (Å²) >= 11 is 0. The second-order valence-corrected chi connectivity index (χ2v) is 9.73. The average molecular weight is 451 g/mol. The summed E-state index contributed by atoms with van der Waals surface area (Å²) in [5, 5.41) is 19.2. The molecule has 0 fully saturated rings. The third-order valence-corrected chi connectivity index (χ3v) is 5.24. The number of anilines is 1. The Balaban J connectivity index is 2.87. The van der Waals surface area contributed by atoms with E-state index in [0.29, 0.717) is 5.70 Å². The van der Waals surface area contributed by atoms with E-state index in [4.69, 9.17) is 0 Å². The fraction of sp³-hybridized carbons (Fsp3) is 0.393. The van der Waals surface area contributed by atoms with Crippen LogP contribution in [0.4, 0.5) is 10.1 Å². The number of allylic oxidation sites excluding steroid dienone is 5. The topological polar surface area (TPSA) is 59.9 Å². The van der Waals surface area contributed by atoms with Crippen LogP contribution in [0.15, 0.2) is 72.5 Å². The summed E-state index contributed by atoms with van der Waals surface area (Å²) in [4.78, 5) is 0. The van der Waals surface area contributed by atoms with E-state index in [2.05, 4.69) is 62.5 Å². The quantitative estimate of drug-likeness (QED) is 0.248. The lowest BCUT2D eigenvalue weighted by molar-refractivity contribution is 0.379. The Morgan fingerprint density at radius 2 is 1.79 bits per heavy atom. The third kappa shape index (κ3) is 9.41. The molecule has 33 heavy (non-hydrogen) atoms. The zero-order valence-corrected chi connectivity index (χ0v) is 21.2. The third-order valence-electron chi connectivity index (χ3n) is 5.24. The standard InChI is InChI=1S/C28H39FN4/c1-11-24-14-26(13-12-18(24)2)33-22(6)25(17-30)15-27(29)23(7)32-21(5)20(4)31-19(3)16-28(8,9)10/h11-15,20-21,31-33H,1,3,7,16H2,2,4-6,8-10H3/b25-22-,27-15+/t20-,21?/m0/s1. The van der Waals surface area contributed by atoms with Crippen molar-refractivity contribution in [3.05, 3.63) is 83.6 Å². The monoisotopic (exact) mass is 450 g/mol. The van der Waals surface area contributed by atoms with Crippen molar-refractivity contribution in [2.24, 2.45) is 5.41 Å². The highest BCUT2D eigenvalue weighted by Gasteiger charge is 2.18. The summed E-state index contributed by atoms with van der Waals surface area (Å²) in [6, 6.07) is 7.78. The Kier molecular flexibility index (Phi) is 10.2. The molecular formula is C28H39FN4. The second kappa shape index (κ2) is 12.1. The molecule has 0 radical (unpaired) electrons. The van der Waals surface area contributed by atoms with Gasteiger partial charge >= 0.3 is 0 Å². The van der Waals surface area contributed by atoms with E-state index in [-0.39, 0.29) is 28.8 Å². The highest BCUT2D eigenvalue weighted by molar-refractivity contribution is 5.62. The molecule has 3 N–H and O–H groups in total. The zero-order chi connectivity index (χ0) is 25.3. The van der Waals surface area contributed by atoms with Gasteiger partial charge in [0.05, 0.1) is 11.3 Å². The van der Waals surface area contributed by atoms with Crippen molar-refractivity contribution >= 4 is 11.8 Å². The molecule has 4 nitrogen and oxygen atoms in total. The van der Waals surface area contributed by atoms with Gasteiger partial charge in [0.2, 0.25) is 0 Å². The van der Waals surface area contributed by atoms with Crippen LogP contribution in [0.2, 0.25) is 0 Å². The maximum absolute atomic E-state index is 14.8. The van der Waals surface area contributed by atoms with Gasteiger partial charge in [0, 0.05) is 29.2 Å². The van der Waals surface area contributed by atoms with Gasteiger partial charge in [-0.2, -0.15) is 5.26 Å². The van der Waals surface area contributed by atoms with Crippen LogP contribution in [0, 0.1) is 23.7 Å². The first-order valence-electron chi connectivity index (χ1n) is 11.2. The molecule has 2 atom stereocenters. The van der Waals surface area contributed by atoms with Crippen molar-refractivity contribution < 1.29 is 4.39 Å². The maximum atomic E-state index is 14.8. The number of hydrogen-bond donors (Lipinski definition) is 3. The Hall–Kier alpha value is -3.26. The molecule has 0 aromatic heterocycles. The lowest BCUT2D eigenvalue weighted by atomic mass is 9.90. The number of nitrogens with one attached hydrogen (secondary N) is 3. The van der Waals surface area contributed by atoms with Crippen LogP contribution < -0.4 is 16.0 Å². The van der Waals surface area contributed by atoms with Gasteiger partial charge in [-0.25, -0.2) is 4.39 Å². The van der Waals surface area contributed by atoms with Crippen LogP contribution in [-0.2, 0) is 0 Å². The summed E-state index contributed by atoms with van der Waals surface area (Å²) < 4.78 is 14.8. The summed E-state index contributed by atoms with van der Waals surface area (Å²) in [6.45, 7) is 25.9. The Morgan fingerprint density at radius 1 is 1.18 bits per heavy atom. The average Bonchev–Trinajstić information content (AvgIpc) is 2.71. The molecule has 0 aliphatic heterocycles. The summed E-state index contributed by atoms with van der Waals surface area (Å²) in [6.07, 6.45) is 3.82. The summed E-state index contributed by atoms with van der Waals surface area (Å²) in [5.74, 6) is -0.587. The van der Waals surface area contributed by atoms with Gasteiger partial charge in [0.15, 0.2) is 0 Å². The number of nitriles is 1. The molecule has 0 saturated heterocycles. The van der Waals surface area contributed by atoms with E-state index in [1.165, 1.54) is 6.08 Å². The fourth-order valence-electron chi connectivity index (χ4n) is 3.27. The SMILES string of the molecule is C=Cc1cc(N/C(C)=C(C#N)/C=C(/F)C(=C)NC(C)[C@H](C)NC(=C)CC(C)(C)C)ccc1C. The van der Waals surface area contributed by atoms with E-state index < -0.39 is 5.83 Å². The molecule has 0 aliphatic rings. The molecule has 0 aliphatic carbocycles. The van der Waals surface area contributed by atoms with E-state index >= 15 is 0 Å². The predicted molar refractivity (Wildman–Crippen MR) is 140 cm³/mol. The van der Waals surface area contributed by atoms with Crippen molar-refractivity contribution in [2.75, 3.05) is 5.32 Å². The Morgan fingerprint density at radius 3 is 2.33 bits per heavy atom. The first-order chi connectivity index (χ1) is 15.3. The van der Waals surface area contributed by atoms with Gasteiger partial charge in [-0.05, 0) is 68.9 Å². The van der Waals surface area contributed by atoms with Gasteiger partial charge < -0.3 is 16.0 Å². The van der Waals surface area contributed by atoms with Crippen LogP contribution in [-0.4, -0.2) is 12.1 Å². The molecule has 5 heteroatoms. The number of aryl methyl sites for hydroxylation is 1. The smallest absolute Gasteiger partial charge is 0.147 e. The first-order valence-corrected chi connectivity index (χ1v) is 11.2. The number of halogens is 1. The highest BCUT2D eigenvalue weighted by atomic mass is 19.1. The van der Waals surface area contributed by atoms with E-state index in [9.17, 15) is 9.65 Å². The normalized spacial score (nSPS) is 14.3. The van der Waals surface area contributed by atoms with Crippen LogP contribution >= 0.6 is 0 Å². The molecule has 0 bridgehead atoms. The highest BCUT2D eigenvalue weighted by Crippen LogP contribution is 2.23.